The fourth-order valence-corrected chi connectivity index (χ4v) is 1.09. The molecule has 0 spiro atoms. The van der Waals surface area contributed by atoms with E-state index in [1.54, 1.807) is 17.8 Å². The number of hydrogen-bond donors (Lipinski definition) is 1. The Morgan fingerprint density at radius 2 is 2.20 bits per heavy atom. The van der Waals surface area contributed by atoms with Crippen molar-refractivity contribution < 1.29 is 14.6 Å². The minimum Gasteiger partial charge on any atom is -0.479 e. The summed E-state index contributed by atoms with van der Waals surface area (Å²) in [5.74, 6) is -0.518. The van der Waals surface area contributed by atoms with Crippen LogP contribution in [0.3, 0.4) is 0 Å². The highest BCUT2D eigenvalue weighted by atomic mass is 16.5. The zero-order chi connectivity index (χ0) is 11.6. The number of nitrogens with zero attached hydrogens (tertiary/aromatic N) is 2. The van der Waals surface area contributed by atoms with Crippen LogP contribution in [0.4, 0.5) is 0 Å². The Bertz CT molecular complexity index is 363. The second kappa shape index (κ2) is 3.92. The minimum absolute atomic E-state index is 0.0669. The number of aromatic nitrogens is 2. The molecule has 84 valence electrons. The summed E-state index contributed by atoms with van der Waals surface area (Å²) >= 11 is 0. The lowest BCUT2D eigenvalue weighted by atomic mass is 9.93. The van der Waals surface area contributed by atoms with Crippen LogP contribution in [0.15, 0.2) is 6.07 Å². The van der Waals surface area contributed by atoms with E-state index in [2.05, 4.69) is 5.10 Å². The summed E-state index contributed by atoms with van der Waals surface area (Å²) in [4.78, 5) is 10.3. The zero-order valence-electron chi connectivity index (χ0n) is 9.44. The first-order valence-electron chi connectivity index (χ1n) is 4.70. The zero-order valence-corrected chi connectivity index (χ0v) is 9.44. The van der Waals surface area contributed by atoms with Crippen molar-refractivity contribution in [1.82, 2.24) is 9.78 Å². The van der Waals surface area contributed by atoms with E-state index in [0.29, 0.717) is 5.88 Å². The van der Waals surface area contributed by atoms with Crippen LogP contribution < -0.4 is 4.74 Å². The lowest BCUT2D eigenvalue weighted by Gasteiger charge is -2.13. The Kier molecular flexibility index (Phi) is 3.02. The van der Waals surface area contributed by atoms with E-state index in [1.807, 2.05) is 20.8 Å². The summed E-state index contributed by atoms with van der Waals surface area (Å²) in [5.41, 5.74) is 0.813. The van der Waals surface area contributed by atoms with Gasteiger partial charge < -0.3 is 9.84 Å². The van der Waals surface area contributed by atoms with Gasteiger partial charge in [0, 0.05) is 18.5 Å². The Morgan fingerprint density at radius 1 is 1.60 bits per heavy atom. The van der Waals surface area contributed by atoms with Crippen LogP contribution in [-0.2, 0) is 17.3 Å². The third-order valence-corrected chi connectivity index (χ3v) is 1.95. The number of carboxylic acid groups (broad SMARTS) is 1. The molecule has 1 aromatic rings. The van der Waals surface area contributed by atoms with E-state index in [9.17, 15) is 4.79 Å². The summed E-state index contributed by atoms with van der Waals surface area (Å²) in [5, 5.41) is 12.7. The maximum Gasteiger partial charge on any atom is 0.341 e. The molecular formula is C10H16N2O3. The third kappa shape index (κ3) is 2.97. The number of carbonyl (C=O) groups is 1. The highest BCUT2D eigenvalue weighted by Gasteiger charge is 2.19. The number of hydrogen-bond acceptors (Lipinski definition) is 3. The number of aliphatic carboxylic acids is 1. The SMILES string of the molecule is Cn1nc(C(C)(C)C)cc1OCC(=O)O. The highest BCUT2D eigenvalue weighted by Crippen LogP contribution is 2.24. The highest BCUT2D eigenvalue weighted by molar-refractivity contribution is 5.68. The van der Waals surface area contributed by atoms with Gasteiger partial charge in [0.05, 0.1) is 5.69 Å². The summed E-state index contributed by atoms with van der Waals surface area (Å²) < 4.78 is 6.62. The lowest BCUT2D eigenvalue weighted by molar-refractivity contribution is -0.139. The predicted molar refractivity (Wildman–Crippen MR) is 55.0 cm³/mol. The van der Waals surface area contributed by atoms with Gasteiger partial charge in [0.2, 0.25) is 5.88 Å². The Hall–Kier alpha value is -1.52. The van der Waals surface area contributed by atoms with Gasteiger partial charge in [-0.3, -0.25) is 0 Å². The molecule has 0 saturated heterocycles. The molecule has 5 heteroatoms. The number of ether oxygens (including phenoxy) is 1. The molecule has 0 amide bonds. The van der Waals surface area contributed by atoms with Crippen molar-refractivity contribution in [2.75, 3.05) is 6.61 Å². The van der Waals surface area contributed by atoms with Crippen molar-refractivity contribution in [3.8, 4) is 5.88 Å². The molecule has 0 bridgehead atoms. The summed E-state index contributed by atoms with van der Waals surface area (Å²) in [7, 11) is 1.73. The monoisotopic (exact) mass is 212 g/mol. The Labute approximate surface area is 88.7 Å². The molecule has 0 saturated carbocycles. The number of rotatable bonds is 3. The van der Waals surface area contributed by atoms with Crippen molar-refractivity contribution in [2.24, 2.45) is 7.05 Å². The van der Waals surface area contributed by atoms with Crippen LogP contribution in [0.5, 0.6) is 5.88 Å². The second-order valence-corrected chi connectivity index (χ2v) is 4.42. The van der Waals surface area contributed by atoms with Crippen LogP contribution in [-0.4, -0.2) is 27.5 Å². The van der Waals surface area contributed by atoms with E-state index in [0.717, 1.165) is 5.69 Å². The molecule has 0 aliphatic rings. The van der Waals surface area contributed by atoms with Gasteiger partial charge in [0.1, 0.15) is 0 Å². The third-order valence-electron chi connectivity index (χ3n) is 1.95. The number of aryl methyl sites for hydroxylation is 1. The minimum atomic E-state index is -0.992. The van der Waals surface area contributed by atoms with E-state index < -0.39 is 5.97 Å². The van der Waals surface area contributed by atoms with E-state index >= 15 is 0 Å². The topological polar surface area (TPSA) is 64.4 Å². The van der Waals surface area contributed by atoms with Crippen LogP contribution in [0.1, 0.15) is 26.5 Å². The number of carboxylic acids is 1. The molecule has 1 N–H and O–H groups in total. The maximum absolute atomic E-state index is 10.3. The van der Waals surface area contributed by atoms with Gasteiger partial charge in [-0.1, -0.05) is 20.8 Å². The largest absolute Gasteiger partial charge is 0.479 e. The van der Waals surface area contributed by atoms with Gasteiger partial charge in [-0.15, -0.1) is 0 Å². The normalized spacial score (nSPS) is 11.5. The standard InChI is InChI=1S/C10H16N2O3/c1-10(2,3)7-5-8(12(4)11-7)15-6-9(13)14/h5H,6H2,1-4H3,(H,13,14). The quantitative estimate of drug-likeness (QED) is 0.817. The molecule has 0 radical (unpaired) electrons. The molecule has 0 atom stereocenters. The van der Waals surface area contributed by atoms with Crippen molar-refractivity contribution in [1.29, 1.82) is 0 Å². The molecule has 1 rings (SSSR count). The molecule has 1 heterocycles. The maximum atomic E-state index is 10.3. The van der Waals surface area contributed by atoms with Crippen molar-refractivity contribution in [3.05, 3.63) is 11.8 Å². The molecule has 15 heavy (non-hydrogen) atoms. The first-order chi connectivity index (χ1) is 6.80. The molecular weight excluding hydrogens is 196 g/mol. The van der Waals surface area contributed by atoms with E-state index in [1.165, 1.54) is 0 Å². The fraction of sp³-hybridized carbons (Fsp3) is 0.600. The van der Waals surface area contributed by atoms with Crippen LogP contribution in [0, 0.1) is 0 Å². The molecule has 0 aliphatic carbocycles. The molecule has 0 unspecified atom stereocenters. The van der Waals surface area contributed by atoms with Crippen LogP contribution >= 0.6 is 0 Å². The van der Waals surface area contributed by atoms with Gasteiger partial charge in [-0.25, -0.2) is 9.48 Å². The smallest absolute Gasteiger partial charge is 0.341 e. The summed E-state index contributed by atoms with van der Waals surface area (Å²) in [6.07, 6.45) is 0. The van der Waals surface area contributed by atoms with E-state index in [-0.39, 0.29) is 12.0 Å². The molecule has 0 aliphatic heterocycles. The van der Waals surface area contributed by atoms with Gasteiger partial charge >= 0.3 is 5.97 Å². The van der Waals surface area contributed by atoms with Crippen molar-refractivity contribution >= 4 is 5.97 Å². The Morgan fingerprint density at radius 3 is 2.60 bits per heavy atom. The summed E-state index contributed by atoms with van der Waals surface area (Å²) in [6.45, 7) is 5.77. The van der Waals surface area contributed by atoms with Crippen molar-refractivity contribution in [2.45, 2.75) is 26.2 Å². The second-order valence-electron chi connectivity index (χ2n) is 4.42. The molecule has 5 nitrogen and oxygen atoms in total. The summed E-state index contributed by atoms with van der Waals surface area (Å²) in [6, 6.07) is 1.77. The van der Waals surface area contributed by atoms with Gasteiger partial charge in [0.15, 0.2) is 6.61 Å². The van der Waals surface area contributed by atoms with Crippen molar-refractivity contribution in [3.63, 3.8) is 0 Å². The van der Waals surface area contributed by atoms with Gasteiger partial charge in [-0.05, 0) is 0 Å². The average molecular weight is 212 g/mol. The van der Waals surface area contributed by atoms with Gasteiger partial charge in [0.25, 0.3) is 0 Å². The van der Waals surface area contributed by atoms with Crippen LogP contribution in [0.25, 0.3) is 0 Å². The predicted octanol–water partition coefficient (Wildman–Crippen LogP) is 1.18. The molecule has 1 aromatic heterocycles. The average Bonchev–Trinajstić information content (AvgIpc) is 2.42. The van der Waals surface area contributed by atoms with Crippen LogP contribution in [0.2, 0.25) is 0 Å². The van der Waals surface area contributed by atoms with E-state index in [4.69, 9.17) is 9.84 Å². The first-order valence-corrected chi connectivity index (χ1v) is 4.70. The Balaban J connectivity index is 2.82. The fourth-order valence-electron chi connectivity index (χ4n) is 1.09. The molecule has 0 aromatic carbocycles. The molecule has 0 fully saturated rings. The lowest BCUT2D eigenvalue weighted by Crippen LogP contribution is -2.12. The first kappa shape index (κ1) is 11.6. The van der Waals surface area contributed by atoms with Gasteiger partial charge in [-0.2, -0.15) is 5.10 Å².